The molecule has 0 aliphatic heterocycles. The summed E-state index contributed by atoms with van der Waals surface area (Å²) in [7, 11) is 0. The molecule has 2 nitrogen and oxygen atoms in total. The fraction of sp³-hybridized carbons (Fsp3) is 0.353. The van der Waals surface area contributed by atoms with Gasteiger partial charge in [-0.1, -0.05) is 68.3 Å². The zero-order chi connectivity index (χ0) is 13.9. The van der Waals surface area contributed by atoms with Crippen LogP contribution in [-0.2, 0) is 4.79 Å². The second kappa shape index (κ2) is 9.15. The Labute approximate surface area is 115 Å². The maximum Gasteiger partial charge on any atom is 0.303 e. The van der Waals surface area contributed by atoms with Gasteiger partial charge in [-0.2, -0.15) is 0 Å². The zero-order valence-electron chi connectivity index (χ0n) is 11.5. The molecule has 2 heteroatoms. The van der Waals surface area contributed by atoms with Gasteiger partial charge in [-0.3, -0.25) is 4.79 Å². The summed E-state index contributed by atoms with van der Waals surface area (Å²) < 4.78 is 0. The Kier molecular flexibility index (Phi) is 7.33. The van der Waals surface area contributed by atoms with E-state index in [0.717, 1.165) is 17.6 Å². The molecule has 0 aliphatic carbocycles. The van der Waals surface area contributed by atoms with Gasteiger partial charge in [0.25, 0.3) is 0 Å². The van der Waals surface area contributed by atoms with Crippen LogP contribution in [0.15, 0.2) is 48.1 Å². The van der Waals surface area contributed by atoms with Crippen LogP contribution in [0.3, 0.4) is 0 Å². The van der Waals surface area contributed by atoms with E-state index in [4.69, 9.17) is 5.11 Å². The monoisotopic (exact) mass is 258 g/mol. The summed E-state index contributed by atoms with van der Waals surface area (Å²) >= 11 is 0. The number of hydrogen-bond acceptors (Lipinski definition) is 1. The zero-order valence-corrected chi connectivity index (χ0v) is 11.5. The van der Waals surface area contributed by atoms with Crippen molar-refractivity contribution in [3.05, 3.63) is 53.6 Å². The minimum atomic E-state index is -0.749. The van der Waals surface area contributed by atoms with Gasteiger partial charge >= 0.3 is 5.97 Å². The highest BCUT2D eigenvalue weighted by Crippen LogP contribution is 2.14. The summed E-state index contributed by atoms with van der Waals surface area (Å²) in [6, 6.07) is 10.0. The van der Waals surface area contributed by atoms with Crippen LogP contribution in [0.1, 0.15) is 44.6 Å². The topological polar surface area (TPSA) is 37.3 Å². The molecule has 0 atom stereocenters. The predicted octanol–water partition coefficient (Wildman–Crippen LogP) is 4.68. The molecule has 0 spiro atoms. The van der Waals surface area contributed by atoms with Gasteiger partial charge in [-0.05, 0) is 24.0 Å². The molecule has 0 heterocycles. The van der Waals surface area contributed by atoms with Crippen molar-refractivity contribution in [1.82, 2.24) is 0 Å². The lowest BCUT2D eigenvalue weighted by molar-refractivity contribution is -0.136. The van der Waals surface area contributed by atoms with Crippen molar-refractivity contribution in [2.75, 3.05) is 0 Å². The van der Waals surface area contributed by atoms with E-state index in [0.29, 0.717) is 6.42 Å². The second-order valence-electron chi connectivity index (χ2n) is 4.57. The van der Waals surface area contributed by atoms with E-state index in [2.05, 4.69) is 25.2 Å². The van der Waals surface area contributed by atoms with E-state index >= 15 is 0 Å². The van der Waals surface area contributed by atoms with Crippen LogP contribution in [-0.4, -0.2) is 11.1 Å². The van der Waals surface area contributed by atoms with Crippen molar-refractivity contribution in [2.24, 2.45) is 0 Å². The number of rotatable bonds is 8. The molecule has 0 unspecified atom stereocenters. The number of unbranched alkanes of at least 4 members (excludes halogenated alkanes) is 2. The summed E-state index contributed by atoms with van der Waals surface area (Å²) in [5.74, 6) is -0.749. The van der Waals surface area contributed by atoms with Crippen LogP contribution in [0.4, 0.5) is 0 Å². The largest absolute Gasteiger partial charge is 0.481 e. The molecule has 0 amide bonds. The molecule has 0 saturated carbocycles. The lowest BCUT2D eigenvalue weighted by atomic mass is 10.0. The number of carboxylic acid groups (broad SMARTS) is 1. The van der Waals surface area contributed by atoms with Gasteiger partial charge in [-0.15, -0.1) is 0 Å². The average Bonchev–Trinajstić information content (AvgIpc) is 2.41. The van der Waals surface area contributed by atoms with E-state index < -0.39 is 5.97 Å². The van der Waals surface area contributed by atoms with Gasteiger partial charge < -0.3 is 5.11 Å². The van der Waals surface area contributed by atoms with E-state index in [-0.39, 0.29) is 6.42 Å². The number of carboxylic acids is 1. The van der Waals surface area contributed by atoms with E-state index in [1.165, 1.54) is 12.8 Å². The molecule has 1 rings (SSSR count). The van der Waals surface area contributed by atoms with Crippen LogP contribution < -0.4 is 0 Å². The Morgan fingerprint density at radius 2 is 1.95 bits per heavy atom. The number of aliphatic carboxylic acids is 1. The van der Waals surface area contributed by atoms with Crippen LogP contribution in [0.5, 0.6) is 0 Å². The molecular weight excluding hydrogens is 236 g/mol. The van der Waals surface area contributed by atoms with Crippen molar-refractivity contribution < 1.29 is 9.90 Å². The highest BCUT2D eigenvalue weighted by molar-refractivity contribution is 5.68. The predicted molar refractivity (Wildman–Crippen MR) is 80.0 cm³/mol. The van der Waals surface area contributed by atoms with Crippen molar-refractivity contribution in [2.45, 2.75) is 39.0 Å². The summed E-state index contributed by atoms with van der Waals surface area (Å²) in [5, 5.41) is 8.79. The minimum absolute atomic E-state index is 0.177. The first-order valence-corrected chi connectivity index (χ1v) is 6.86. The van der Waals surface area contributed by atoms with Crippen molar-refractivity contribution in [3.63, 3.8) is 0 Å². The minimum Gasteiger partial charge on any atom is -0.481 e. The lowest BCUT2D eigenvalue weighted by Gasteiger charge is -2.01. The summed E-state index contributed by atoms with van der Waals surface area (Å²) in [5.41, 5.74) is 2.19. The number of allylic oxidation sites excluding steroid dienone is 3. The fourth-order valence-corrected chi connectivity index (χ4v) is 1.77. The molecule has 0 bridgehead atoms. The fourth-order valence-electron chi connectivity index (χ4n) is 1.77. The van der Waals surface area contributed by atoms with E-state index in [1.807, 2.05) is 30.3 Å². The smallest absolute Gasteiger partial charge is 0.303 e. The van der Waals surface area contributed by atoms with Crippen molar-refractivity contribution >= 4 is 12.0 Å². The Morgan fingerprint density at radius 1 is 1.21 bits per heavy atom. The second-order valence-corrected chi connectivity index (χ2v) is 4.57. The number of benzene rings is 1. The molecule has 102 valence electrons. The van der Waals surface area contributed by atoms with Gasteiger partial charge in [-0.25, -0.2) is 0 Å². The van der Waals surface area contributed by atoms with Crippen LogP contribution in [0, 0.1) is 0 Å². The first-order chi connectivity index (χ1) is 9.22. The summed E-state index contributed by atoms with van der Waals surface area (Å²) in [6.07, 6.45) is 10.4. The van der Waals surface area contributed by atoms with Gasteiger partial charge in [0, 0.05) is 6.42 Å². The molecule has 0 aromatic heterocycles. The van der Waals surface area contributed by atoms with Crippen LogP contribution in [0.25, 0.3) is 6.08 Å². The molecule has 1 aromatic rings. The normalized spacial score (nSPS) is 11.9. The SMILES string of the molecule is CCCCC=CC(=Cc1ccccc1)CCC(=O)O. The molecule has 1 N–H and O–H groups in total. The summed E-state index contributed by atoms with van der Waals surface area (Å²) in [4.78, 5) is 10.7. The Morgan fingerprint density at radius 3 is 2.58 bits per heavy atom. The summed E-state index contributed by atoms with van der Waals surface area (Å²) in [6.45, 7) is 2.17. The highest BCUT2D eigenvalue weighted by Gasteiger charge is 2.00. The van der Waals surface area contributed by atoms with Crippen molar-refractivity contribution in [3.8, 4) is 0 Å². The molecule has 19 heavy (non-hydrogen) atoms. The quantitative estimate of drug-likeness (QED) is 0.543. The van der Waals surface area contributed by atoms with Gasteiger partial charge in [0.2, 0.25) is 0 Å². The maximum atomic E-state index is 10.7. The van der Waals surface area contributed by atoms with E-state index in [1.54, 1.807) is 0 Å². The third kappa shape index (κ3) is 7.24. The van der Waals surface area contributed by atoms with Gasteiger partial charge in [0.15, 0.2) is 0 Å². The first-order valence-electron chi connectivity index (χ1n) is 6.86. The third-order valence-corrected chi connectivity index (χ3v) is 2.84. The first kappa shape index (κ1) is 15.2. The molecule has 0 radical (unpaired) electrons. The van der Waals surface area contributed by atoms with Gasteiger partial charge in [0.1, 0.15) is 0 Å². The molecule has 1 aromatic carbocycles. The maximum absolute atomic E-state index is 10.7. The van der Waals surface area contributed by atoms with E-state index in [9.17, 15) is 4.79 Å². The van der Waals surface area contributed by atoms with Crippen LogP contribution >= 0.6 is 0 Å². The van der Waals surface area contributed by atoms with Crippen LogP contribution in [0.2, 0.25) is 0 Å². The average molecular weight is 258 g/mol. The number of carbonyl (C=O) groups is 1. The lowest BCUT2D eigenvalue weighted by Crippen LogP contribution is -1.94. The molecule has 0 fully saturated rings. The third-order valence-electron chi connectivity index (χ3n) is 2.84. The standard InChI is InChI=1S/C17H22O2/c1-2-3-4-6-11-16(12-13-17(18)19)14-15-9-7-5-8-10-15/h5-11,14H,2-4,12-13H2,1H3,(H,18,19). The molecular formula is C17H22O2. The van der Waals surface area contributed by atoms with Crippen molar-refractivity contribution in [1.29, 1.82) is 0 Å². The van der Waals surface area contributed by atoms with Gasteiger partial charge in [0.05, 0.1) is 0 Å². The molecule has 0 saturated heterocycles. The Balaban J connectivity index is 2.70. The highest BCUT2D eigenvalue weighted by atomic mass is 16.4. The Hall–Kier alpha value is -1.83. The molecule has 0 aliphatic rings. The Bertz CT molecular complexity index is 430. The number of hydrogen-bond donors (Lipinski definition) is 1.